The first-order valence-electron chi connectivity index (χ1n) is 6.45. The predicted molar refractivity (Wildman–Crippen MR) is 73.7 cm³/mol. The predicted octanol–water partition coefficient (Wildman–Crippen LogP) is 3.34. The average Bonchev–Trinajstić information content (AvgIpc) is 2.26. The topological polar surface area (TPSA) is 61.3 Å². The van der Waals surface area contributed by atoms with Gasteiger partial charge in [-0.2, -0.15) is 0 Å². The fraction of sp³-hybridized carbons (Fsp3) is 0.571. The third-order valence-electron chi connectivity index (χ3n) is 2.70. The summed E-state index contributed by atoms with van der Waals surface area (Å²) in [4.78, 5) is 0. The Kier molecular flexibility index (Phi) is 6.48. The lowest BCUT2D eigenvalue weighted by molar-refractivity contribution is 0.117. The van der Waals surface area contributed by atoms with Gasteiger partial charge >= 0.3 is 0 Å². The van der Waals surface area contributed by atoms with Crippen LogP contribution in [0.5, 0.6) is 0 Å². The summed E-state index contributed by atoms with van der Waals surface area (Å²) in [5.41, 5.74) is 13.9. The monoisotopic (exact) mass is 236 g/mol. The quantitative estimate of drug-likeness (QED) is 0.537. The number of hydrogen-bond donors (Lipinski definition) is 2. The summed E-state index contributed by atoms with van der Waals surface area (Å²) < 4.78 is 5.60. The molecule has 0 saturated carbocycles. The van der Waals surface area contributed by atoms with Crippen LogP contribution in [0.4, 0.5) is 11.4 Å². The summed E-state index contributed by atoms with van der Waals surface area (Å²) in [6.45, 7) is 3.64. The van der Waals surface area contributed by atoms with Gasteiger partial charge in [-0.3, -0.25) is 0 Å². The minimum absolute atomic E-state index is 0.600. The number of anilines is 2. The molecular weight excluding hydrogens is 212 g/mol. The van der Waals surface area contributed by atoms with E-state index in [1.54, 1.807) is 6.07 Å². The molecule has 1 aromatic rings. The highest BCUT2D eigenvalue weighted by Gasteiger charge is 1.97. The minimum Gasteiger partial charge on any atom is -0.399 e. The molecule has 0 atom stereocenters. The maximum Gasteiger partial charge on any atom is 0.0718 e. The first-order chi connectivity index (χ1) is 8.22. The van der Waals surface area contributed by atoms with Gasteiger partial charge in [0.1, 0.15) is 0 Å². The number of hydrogen-bond acceptors (Lipinski definition) is 3. The van der Waals surface area contributed by atoms with Gasteiger partial charge in [-0.15, -0.1) is 0 Å². The highest BCUT2D eigenvalue weighted by Crippen LogP contribution is 2.14. The van der Waals surface area contributed by atoms with Crippen LogP contribution in [-0.2, 0) is 11.3 Å². The fourth-order valence-electron chi connectivity index (χ4n) is 1.83. The molecule has 0 unspecified atom stereocenters. The van der Waals surface area contributed by atoms with Crippen LogP contribution >= 0.6 is 0 Å². The zero-order valence-corrected chi connectivity index (χ0v) is 10.7. The molecule has 0 heterocycles. The molecule has 0 bridgehead atoms. The summed E-state index contributed by atoms with van der Waals surface area (Å²) in [7, 11) is 0. The molecule has 0 fully saturated rings. The summed E-state index contributed by atoms with van der Waals surface area (Å²) in [6, 6.07) is 5.58. The summed E-state index contributed by atoms with van der Waals surface area (Å²) in [5.74, 6) is 0. The van der Waals surface area contributed by atoms with Crippen LogP contribution in [0.3, 0.4) is 0 Å². The molecule has 0 aliphatic heterocycles. The molecule has 1 aromatic carbocycles. The van der Waals surface area contributed by atoms with Gasteiger partial charge in [-0.05, 0) is 30.2 Å². The van der Waals surface area contributed by atoms with E-state index in [0.29, 0.717) is 18.0 Å². The first kappa shape index (κ1) is 13.8. The van der Waals surface area contributed by atoms with E-state index in [-0.39, 0.29) is 0 Å². The lowest BCUT2D eigenvalue weighted by Crippen LogP contribution is -1.98. The van der Waals surface area contributed by atoms with Crippen molar-refractivity contribution in [3.05, 3.63) is 23.8 Å². The van der Waals surface area contributed by atoms with Gasteiger partial charge < -0.3 is 16.2 Å². The SMILES string of the molecule is CCCCCCCOCc1cc(N)cc(N)c1. The van der Waals surface area contributed by atoms with Gasteiger partial charge in [0.25, 0.3) is 0 Å². The molecule has 1 rings (SSSR count). The van der Waals surface area contributed by atoms with E-state index in [2.05, 4.69) is 6.92 Å². The van der Waals surface area contributed by atoms with E-state index in [4.69, 9.17) is 16.2 Å². The lowest BCUT2D eigenvalue weighted by Gasteiger charge is -2.06. The summed E-state index contributed by atoms with van der Waals surface area (Å²) >= 11 is 0. The van der Waals surface area contributed by atoms with Crippen LogP contribution in [0.1, 0.15) is 44.6 Å². The van der Waals surface area contributed by atoms with E-state index in [1.165, 1.54) is 25.7 Å². The number of nitrogens with two attached hydrogens (primary N) is 2. The normalized spacial score (nSPS) is 10.6. The van der Waals surface area contributed by atoms with Gasteiger partial charge in [0, 0.05) is 18.0 Å². The molecule has 0 radical (unpaired) electrons. The Morgan fingerprint density at radius 3 is 2.24 bits per heavy atom. The van der Waals surface area contributed by atoms with E-state index >= 15 is 0 Å². The van der Waals surface area contributed by atoms with Crippen LogP contribution < -0.4 is 11.5 Å². The van der Waals surface area contributed by atoms with Crippen LogP contribution in [0, 0.1) is 0 Å². The Morgan fingerprint density at radius 1 is 0.941 bits per heavy atom. The van der Waals surface area contributed by atoms with Crippen molar-refractivity contribution in [3.8, 4) is 0 Å². The lowest BCUT2D eigenvalue weighted by atomic mass is 10.1. The van der Waals surface area contributed by atoms with Gasteiger partial charge in [0.05, 0.1) is 6.61 Å². The van der Waals surface area contributed by atoms with E-state index < -0.39 is 0 Å². The highest BCUT2D eigenvalue weighted by atomic mass is 16.5. The molecule has 17 heavy (non-hydrogen) atoms. The zero-order valence-electron chi connectivity index (χ0n) is 10.7. The molecule has 0 aromatic heterocycles. The molecule has 3 nitrogen and oxygen atoms in total. The van der Waals surface area contributed by atoms with Gasteiger partial charge in [-0.1, -0.05) is 32.6 Å². The maximum atomic E-state index is 5.71. The largest absolute Gasteiger partial charge is 0.399 e. The van der Waals surface area contributed by atoms with Gasteiger partial charge in [0.2, 0.25) is 0 Å². The van der Waals surface area contributed by atoms with Crippen molar-refractivity contribution >= 4 is 11.4 Å². The Bertz CT molecular complexity index is 306. The standard InChI is InChI=1S/C14H24N2O/c1-2-3-4-5-6-7-17-11-12-8-13(15)10-14(16)9-12/h8-10H,2-7,11,15-16H2,1H3. The van der Waals surface area contributed by atoms with E-state index in [1.807, 2.05) is 12.1 Å². The van der Waals surface area contributed by atoms with Crippen LogP contribution in [0.25, 0.3) is 0 Å². The Hall–Kier alpha value is -1.22. The maximum absolute atomic E-state index is 5.71. The van der Waals surface area contributed by atoms with E-state index in [0.717, 1.165) is 18.6 Å². The number of nitrogen functional groups attached to an aromatic ring is 2. The van der Waals surface area contributed by atoms with Gasteiger partial charge in [-0.25, -0.2) is 0 Å². The molecule has 0 aliphatic carbocycles. The molecule has 0 aliphatic rings. The second kappa shape index (κ2) is 7.96. The number of rotatable bonds is 8. The summed E-state index contributed by atoms with van der Waals surface area (Å²) in [6.07, 6.45) is 6.31. The Morgan fingerprint density at radius 2 is 1.59 bits per heavy atom. The van der Waals surface area contributed by atoms with Crippen molar-refractivity contribution in [1.29, 1.82) is 0 Å². The second-order valence-electron chi connectivity index (χ2n) is 4.47. The smallest absolute Gasteiger partial charge is 0.0718 e. The minimum atomic E-state index is 0.600. The molecule has 0 saturated heterocycles. The Balaban J connectivity index is 2.13. The second-order valence-corrected chi connectivity index (χ2v) is 4.47. The molecular formula is C14H24N2O. The van der Waals surface area contributed by atoms with Crippen molar-refractivity contribution in [3.63, 3.8) is 0 Å². The highest BCUT2D eigenvalue weighted by molar-refractivity contribution is 5.54. The van der Waals surface area contributed by atoms with Crippen molar-refractivity contribution in [2.75, 3.05) is 18.1 Å². The fourth-order valence-corrected chi connectivity index (χ4v) is 1.83. The number of benzene rings is 1. The third-order valence-corrected chi connectivity index (χ3v) is 2.70. The first-order valence-corrected chi connectivity index (χ1v) is 6.45. The van der Waals surface area contributed by atoms with Crippen molar-refractivity contribution in [2.24, 2.45) is 0 Å². The Labute approximate surface area is 104 Å². The van der Waals surface area contributed by atoms with Crippen LogP contribution in [-0.4, -0.2) is 6.61 Å². The molecule has 4 N–H and O–H groups in total. The van der Waals surface area contributed by atoms with Crippen LogP contribution in [0.15, 0.2) is 18.2 Å². The average molecular weight is 236 g/mol. The van der Waals surface area contributed by atoms with Crippen molar-refractivity contribution in [2.45, 2.75) is 45.6 Å². The molecule has 96 valence electrons. The van der Waals surface area contributed by atoms with Crippen LogP contribution in [0.2, 0.25) is 0 Å². The van der Waals surface area contributed by atoms with Gasteiger partial charge in [0.15, 0.2) is 0 Å². The number of unbranched alkanes of at least 4 members (excludes halogenated alkanes) is 4. The summed E-state index contributed by atoms with van der Waals surface area (Å²) in [5, 5.41) is 0. The number of ether oxygens (including phenoxy) is 1. The van der Waals surface area contributed by atoms with Crippen molar-refractivity contribution < 1.29 is 4.74 Å². The van der Waals surface area contributed by atoms with E-state index in [9.17, 15) is 0 Å². The molecule has 0 spiro atoms. The third kappa shape index (κ3) is 6.17. The zero-order chi connectivity index (χ0) is 12.5. The molecule has 3 heteroatoms. The van der Waals surface area contributed by atoms with Crippen molar-refractivity contribution in [1.82, 2.24) is 0 Å². The molecule has 0 amide bonds.